The lowest BCUT2D eigenvalue weighted by Crippen LogP contribution is -2.39. The summed E-state index contributed by atoms with van der Waals surface area (Å²) in [6, 6.07) is 7.82. The highest BCUT2D eigenvalue weighted by molar-refractivity contribution is 5.79. The van der Waals surface area contributed by atoms with Crippen molar-refractivity contribution in [1.29, 1.82) is 0 Å². The number of nitrogens with two attached hydrogens (primary N) is 1. The zero-order chi connectivity index (χ0) is 15.5. The van der Waals surface area contributed by atoms with E-state index >= 15 is 0 Å². The van der Waals surface area contributed by atoms with Crippen LogP contribution in [0.25, 0.3) is 0 Å². The first-order valence-corrected chi connectivity index (χ1v) is 7.75. The number of carbonyl (C=O) groups is 1. The van der Waals surface area contributed by atoms with Gasteiger partial charge in [-0.05, 0) is 37.5 Å². The van der Waals surface area contributed by atoms with Crippen molar-refractivity contribution in [3.63, 3.8) is 0 Å². The molecule has 2 N–H and O–H groups in total. The zero-order valence-corrected chi connectivity index (χ0v) is 12.9. The first-order valence-electron chi connectivity index (χ1n) is 7.75. The number of hydrogen-bond acceptors (Lipinski definition) is 3. The van der Waals surface area contributed by atoms with Crippen LogP contribution >= 0.6 is 0 Å². The molecule has 0 spiro atoms. The van der Waals surface area contributed by atoms with Crippen molar-refractivity contribution in [3.05, 3.63) is 48.0 Å². The standard InChI is InChI=1S/C17H22N4O/c1-13-19-8-10-20(13)12-16-3-2-9-21(16)17(22)11-14-4-6-15(18)7-5-14/h4-8,10,16H,2-3,9,11-12,18H2,1H3. The van der Waals surface area contributed by atoms with Gasteiger partial charge in [0.05, 0.1) is 6.42 Å². The summed E-state index contributed by atoms with van der Waals surface area (Å²) in [5.41, 5.74) is 7.43. The summed E-state index contributed by atoms with van der Waals surface area (Å²) in [6.07, 6.45) is 6.37. The molecule has 2 heterocycles. The van der Waals surface area contributed by atoms with E-state index in [1.165, 1.54) is 0 Å². The fraction of sp³-hybridized carbons (Fsp3) is 0.412. The van der Waals surface area contributed by atoms with Gasteiger partial charge in [0, 0.05) is 37.2 Å². The van der Waals surface area contributed by atoms with E-state index in [0.717, 1.165) is 43.0 Å². The summed E-state index contributed by atoms with van der Waals surface area (Å²) in [7, 11) is 0. The lowest BCUT2D eigenvalue weighted by Gasteiger charge is -2.25. The Morgan fingerprint density at radius 1 is 1.36 bits per heavy atom. The Morgan fingerprint density at radius 2 is 2.14 bits per heavy atom. The van der Waals surface area contributed by atoms with E-state index in [2.05, 4.69) is 9.55 Å². The average molecular weight is 298 g/mol. The van der Waals surface area contributed by atoms with Gasteiger partial charge in [-0.25, -0.2) is 4.98 Å². The number of hydrogen-bond donors (Lipinski definition) is 1. The molecule has 3 rings (SSSR count). The number of carbonyl (C=O) groups excluding carboxylic acids is 1. The summed E-state index contributed by atoms with van der Waals surface area (Å²) < 4.78 is 2.12. The first kappa shape index (κ1) is 14.6. The number of nitrogen functional groups attached to an aromatic ring is 1. The first-order chi connectivity index (χ1) is 10.6. The molecule has 1 aromatic carbocycles. The SMILES string of the molecule is Cc1nccn1CC1CCCN1C(=O)Cc1ccc(N)cc1. The Hall–Kier alpha value is -2.30. The quantitative estimate of drug-likeness (QED) is 0.878. The minimum Gasteiger partial charge on any atom is -0.399 e. The molecular weight excluding hydrogens is 276 g/mol. The minimum absolute atomic E-state index is 0.199. The van der Waals surface area contributed by atoms with Gasteiger partial charge in [-0.3, -0.25) is 4.79 Å². The maximum atomic E-state index is 12.6. The molecule has 116 valence electrons. The Morgan fingerprint density at radius 3 is 2.82 bits per heavy atom. The molecule has 1 unspecified atom stereocenters. The third-order valence-electron chi connectivity index (χ3n) is 4.36. The molecule has 1 saturated heterocycles. The fourth-order valence-electron chi connectivity index (χ4n) is 3.09. The van der Waals surface area contributed by atoms with Crippen LogP contribution in [0.5, 0.6) is 0 Å². The summed E-state index contributed by atoms with van der Waals surface area (Å²) in [5.74, 6) is 1.20. The van der Waals surface area contributed by atoms with Gasteiger partial charge in [-0.1, -0.05) is 12.1 Å². The number of imidazole rings is 1. The van der Waals surface area contributed by atoms with Gasteiger partial charge in [-0.15, -0.1) is 0 Å². The number of nitrogens with zero attached hydrogens (tertiary/aromatic N) is 3. The van der Waals surface area contributed by atoms with Crippen molar-refractivity contribution < 1.29 is 4.79 Å². The van der Waals surface area contributed by atoms with Gasteiger partial charge >= 0.3 is 0 Å². The van der Waals surface area contributed by atoms with Gasteiger partial charge in [0.15, 0.2) is 0 Å². The predicted molar refractivity (Wildman–Crippen MR) is 86.3 cm³/mol. The van der Waals surface area contributed by atoms with Crippen molar-refractivity contribution in [1.82, 2.24) is 14.5 Å². The van der Waals surface area contributed by atoms with Crippen molar-refractivity contribution in [2.75, 3.05) is 12.3 Å². The van der Waals surface area contributed by atoms with Crippen molar-refractivity contribution >= 4 is 11.6 Å². The number of amides is 1. The lowest BCUT2D eigenvalue weighted by atomic mass is 10.1. The number of aromatic nitrogens is 2. The second-order valence-corrected chi connectivity index (χ2v) is 5.93. The largest absolute Gasteiger partial charge is 0.399 e. The summed E-state index contributed by atoms with van der Waals surface area (Å²) in [5, 5.41) is 0. The van der Waals surface area contributed by atoms with Crippen LogP contribution in [0.15, 0.2) is 36.7 Å². The van der Waals surface area contributed by atoms with Crippen LogP contribution in [0.1, 0.15) is 24.2 Å². The molecule has 1 aliphatic heterocycles. The number of rotatable bonds is 4. The van der Waals surface area contributed by atoms with Crippen LogP contribution in [0.2, 0.25) is 0 Å². The minimum atomic E-state index is 0.199. The third kappa shape index (κ3) is 3.13. The fourth-order valence-corrected chi connectivity index (χ4v) is 3.09. The molecule has 5 heteroatoms. The van der Waals surface area contributed by atoms with Gasteiger partial charge in [-0.2, -0.15) is 0 Å². The van der Waals surface area contributed by atoms with E-state index < -0.39 is 0 Å². The highest BCUT2D eigenvalue weighted by Gasteiger charge is 2.28. The molecule has 0 saturated carbocycles. The summed E-state index contributed by atoms with van der Waals surface area (Å²) in [4.78, 5) is 18.9. The van der Waals surface area contributed by atoms with E-state index in [1.807, 2.05) is 48.5 Å². The number of benzene rings is 1. The molecule has 1 amide bonds. The Labute approximate surface area is 130 Å². The van der Waals surface area contributed by atoms with Crippen LogP contribution < -0.4 is 5.73 Å². The highest BCUT2D eigenvalue weighted by Crippen LogP contribution is 2.21. The molecule has 22 heavy (non-hydrogen) atoms. The average Bonchev–Trinajstić information content (AvgIpc) is 3.12. The highest BCUT2D eigenvalue weighted by atomic mass is 16.2. The molecule has 0 bridgehead atoms. The molecule has 0 radical (unpaired) electrons. The summed E-state index contributed by atoms with van der Waals surface area (Å²) in [6.45, 7) is 3.68. The van der Waals surface area contributed by atoms with Crippen molar-refractivity contribution in [3.8, 4) is 0 Å². The number of anilines is 1. The Bertz CT molecular complexity index is 647. The van der Waals surface area contributed by atoms with E-state index in [1.54, 1.807) is 0 Å². The smallest absolute Gasteiger partial charge is 0.227 e. The summed E-state index contributed by atoms with van der Waals surface area (Å²) >= 11 is 0. The van der Waals surface area contributed by atoms with Gasteiger partial charge in [0.1, 0.15) is 5.82 Å². The molecule has 1 atom stereocenters. The monoisotopic (exact) mass is 298 g/mol. The second-order valence-electron chi connectivity index (χ2n) is 5.93. The maximum Gasteiger partial charge on any atom is 0.227 e. The van der Waals surface area contributed by atoms with Crippen molar-refractivity contribution in [2.45, 2.75) is 38.8 Å². The van der Waals surface area contributed by atoms with E-state index in [4.69, 9.17) is 5.73 Å². The van der Waals surface area contributed by atoms with Crippen LogP contribution in [-0.4, -0.2) is 32.9 Å². The molecule has 0 aliphatic carbocycles. The molecule has 5 nitrogen and oxygen atoms in total. The Balaban J connectivity index is 1.66. The van der Waals surface area contributed by atoms with Crippen LogP contribution in [0.3, 0.4) is 0 Å². The molecular formula is C17H22N4O. The molecule has 2 aromatic rings. The van der Waals surface area contributed by atoms with Gasteiger partial charge < -0.3 is 15.2 Å². The zero-order valence-electron chi connectivity index (χ0n) is 12.9. The topological polar surface area (TPSA) is 64.2 Å². The molecule has 1 aromatic heterocycles. The van der Waals surface area contributed by atoms with E-state index in [9.17, 15) is 4.79 Å². The third-order valence-corrected chi connectivity index (χ3v) is 4.36. The lowest BCUT2D eigenvalue weighted by molar-refractivity contribution is -0.131. The normalized spacial score (nSPS) is 17.9. The van der Waals surface area contributed by atoms with Crippen molar-refractivity contribution in [2.24, 2.45) is 0 Å². The molecule has 1 fully saturated rings. The van der Waals surface area contributed by atoms with E-state index in [-0.39, 0.29) is 11.9 Å². The van der Waals surface area contributed by atoms with Gasteiger partial charge in [0.2, 0.25) is 5.91 Å². The Kier molecular flexibility index (Phi) is 4.13. The second kappa shape index (κ2) is 6.22. The predicted octanol–water partition coefficient (Wildman–Crippen LogP) is 2.01. The van der Waals surface area contributed by atoms with Gasteiger partial charge in [0.25, 0.3) is 0 Å². The van der Waals surface area contributed by atoms with E-state index in [0.29, 0.717) is 6.42 Å². The number of aryl methyl sites for hydroxylation is 1. The number of likely N-dealkylation sites (tertiary alicyclic amines) is 1. The van der Waals surface area contributed by atoms with Crippen LogP contribution in [0, 0.1) is 6.92 Å². The van der Waals surface area contributed by atoms with Crippen LogP contribution in [-0.2, 0) is 17.8 Å². The molecule has 1 aliphatic rings. The maximum absolute atomic E-state index is 12.6. The van der Waals surface area contributed by atoms with Crippen LogP contribution in [0.4, 0.5) is 5.69 Å².